The molecule has 17 heavy (non-hydrogen) atoms. The maximum absolute atomic E-state index is 5.60. The Kier molecular flexibility index (Phi) is 3.62. The Balaban J connectivity index is 1.99. The van der Waals surface area contributed by atoms with Gasteiger partial charge in [-0.2, -0.15) is 0 Å². The molecule has 0 unspecified atom stereocenters. The van der Waals surface area contributed by atoms with Crippen LogP contribution in [-0.4, -0.2) is 16.5 Å². The first-order chi connectivity index (χ1) is 8.09. The number of rotatable bonds is 4. The normalized spacial score (nSPS) is 17.9. The van der Waals surface area contributed by atoms with Crippen LogP contribution in [-0.2, 0) is 0 Å². The van der Waals surface area contributed by atoms with Crippen LogP contribution >= 0.6 is 12.2 Å². The van der Waals surface area contributed by atoms with Crippen LogP contribution in [0.25, 0.3) is 0 Å². The van der Waals surface area contributed by atoms with E-state index in [-0.39, 0.29) is 0 Å². The van der Waals surface area contributed by atoms with Crippen LogP contribution in [0.3, 0.4) is 0 Å². The van der Waals surface area contributed by atoms with Gasteiger partial charge in [0.15, 0.2) is 0 Å². The highest BCUT2D eigenvalue weighted by Crippen LogP contribution is 2.37. The summed E-state index contributed by atoms with van der Waals surface area (Å²) in [7, 11) is 0. The minimum atomic E-state index is 0.418. The van der Waals surface area contributed by atoms with Crippen LogP contribution in [0.15, 0.2) is 18.3 Å². The Hall–Kier alpha value is -1.16. The van der Waals surface area contributed by atoms with Gasteiger partial charge in [-0.05, 0) is 30.4 Å². The summed E-state index contributed by atoms with van der Waals surface area (Å²) >= 11 is 4.96. The summed E-state index contributed by atoms with van der Waals surface area (Å²) in [5.74, 6) is 0.864. The van der Waals surface area contributed by atoms with Gasteiger partial charge in [-0.3, -0.25) is 0 Å². The van der Waals surface area contributed by atoms with Crippen molar-refractivity contribution in [3.63, 3.8) is 0 Å². The fourth-order valence-electron chi connectivity index (χ4n) is 2.39. The van der Waals surface area contributed by atoms with Gasteiger partial charge in [-0.1, -0.05) is 32.0 Å². The van der Waals surface area contributed by atoms with Gasteiger partial charge in [0.25, 0.3) is 0 Å². The average molecular weight is 249 g/mol. The molecule has 0 spiro atoms. The number of hydrogen-bond acceptors (Lipinski definition) is 3. The fourth-order valence-corrected chi connectivity index (χ4v) is 2.52. The number of hydrogen-bond donors (Lipinski definition) is 2. The SMILES string of the molecule is CC1(CNc2cc(C(N)=S)ccn2)CCCC1. The predicted molar refractivity (Wildman–Crippen MR) is 75.2 cm³/mol. The van der Waals surface area contributed by atoms with E-state index in [0.29, 0.717) is 10.4 Å². The summed E-state index contributed by atoms with van der Waals surface area (Å²) in [6.45, 7) is 3.31. The van der Waals surface area contributed by atoms with Crippen LogP contribution in [0.4, 0.5) is 5.82 Å². The third-order valence-electron chi connectivity index (χ3n) is 3.55. The summed E-state index contributed by atoms with van der Waals surface area (Å²) in [4.78, 5) is 4.71. The Morgan fingerprint density at radius 3 is 2.88 bits per heavy atom. The van der Waals surface area contributed by atoms with Crippen molar-refractivity contribution in [1.82, 2.24) is 4.98 Å². The molecule has 1 aromatic rings. The van der Waals surface area contributed by atoms with Gasteiger partial charge in [-0.25, -0.2) is 4.98 Å². The maximum atomic E-state index is 5.60. The van der Waals surface area contributed by atoms with Gasteiger partial charge in [0.2, 0.25) is 0 Å². The predicted octanol–water partition coefficient (Wildman–Crippen LogP) is 2.71. The Morgan fingerprint density at radius 1 is 1.53 bits per heavy atom. The molecule has 0 aromatic carbocycles. The first-order valence-electron chi connectivity index (χ1n) is 6.09. The second kappa shape index (κ2) is 5.00. The number of anilines is 1. The third-order valence-corrected chi connectivity index (χ3v) is 3.79. The number of aromatic nitrogens is 1. The quantitative estimate of drug-likeness (QED) is 0.806. The maximum Gasteiger partial charge on any atom is 0.126 e. The lowest BCUT2D eigenvalue weighted by atomic mass is 9.89. The zero-order valence-corrected chi connectivity index (χ0v) is 11.0. The van der Waals surface area contributed by atoms with Gasteiger partial charge < -0.3 is 11.1 Å². The molecule has 1 aliphatic carbocycles. The highest BCUT2D eigenvalue weighted by Gasteiger charge is 2.28. The molecule has 4 heteroatoms. The molecule has 1 heterocycles. The van der Waals surface area contributed by atoms with Gasteiger partial charge >= 0.3 is 0 Å². The Bertz CT molecular complexity index is 411. The Morgan fingerprint density at radius 2 is 2.24 bits per heavy atom. The van der Waals surface area contributed by atoms with Crippen LogP contribution in [0.1, 0.15) is 38.2 Å². The lowest BCUT2D eigenvalue weighted by Gasteiger charge is -2.24. The van der Waals surface area contributed by atoms with E-state index in [0.717, 1.165) is 17.9 Å². The zero-order valence-electron chi connectivity index (χ0n) is 10.2. The second-order valence-electron chi connectivity index (χ2n) is 5.17. The summed E-state index contributed by atoms with van der Waals surface area (Å²) in [5.41, 5.74) is 6.89. The molecule has 0 saturated heterocycles. The first kappa shape index (κ1) is 12.3. The molecule has 0 aliphatic heterocycles. The van der Waals surface area contributed by atoms with E-state index < -0.39 is 0 Å². The third kappa shape index (κ3) is 3.16. The highest BCUT2D eigenvalue weighted by atomic mass is 32.1. The first-order valence-corrected chi connectivity index (χ1v) is 6.50. The lowest BCUT2D eigenvalue weighted by molar-refractivity contribution is 0.361. The van der Waals surface area contributed by atoms with E-state index in [1.54, 1.807) is 6.20 Å². The molecule has 1 fully saturated rings. The van der Waals surface area contributed by atoms with Crippen molar-refractivity contribution in [1.29, 1.82) is 0 Å². The second-order valence-corrected chi connectivity index (χ2v) is 5.61. The van der Waals surface area contributed by atoms with E-state index in [1.165, 1.54) is 25.7 Å². The summed E-state index contributed by atoms with van der Waals surface area (Å²) < 4.78 is 0. The average Bonchev–Trinajstić information content (AvgIpc) is 2.75. The Labute approximate surface area is 108 Å². The van der Waals surface area contributed by atoms with Crippen molar-refractivity contribution < 1.29 is 0 Å². The molecule has 2 rings (SSSR count). The van der Waals surface area contributed by atoms with E-state index in [4.69, 9.17) is 18.0 Å². The van der Waals surface area contributed by atoms with Crippen LogP contribution in [0.2, 0.25) is 0 Å². The molecule has 0 atom stereocenters. The van der Waals surface area contributed by atoms with Crippen molar-refractivity contribution in [3.8, 4) is 0 Å². The van der Waals surface area contributed by atoms with E-state index in [2.05, 4.69) is 17.2 Å². The van der Waals surface area contributed by atoms with Crippen molar-refractivity contribution >= 4 is 23.0 Å². The molecule has 92 valence electrons. The topological polar surface area (TPSA) is 50.9 Å². The molecule has 3 nitrogen and oxygen atoms in total. The van der Waals surface area contributed by atoms with Crippen LogP contribution < -0.4 is 11.1 Å². The van der Waals surface area contributed by atoms with Gasteiger partial charge in [0.1, 0.15) is 10.8 Å². The number of nitrogens with two attached hydrogens (primary N) is 1. The smallest absolute Gasteiger partial charge is 0.126 e. The number of pyridine rings is 1. The molecule has 1 aromatic heterocycles. The van der Waals surface area contributed by atoms with Gasteiger partial charge in [0, 0.05) is 18.3 Å². The standard InChI is InChI=1S/C13H19N3S/c1-13(5-2-3-6-13)9-16-11-8-10(12(14)17)4-7-15-11/h4,7-8H,2-3,5-6,9H2,1H3,(H2,14,17)(H,15,16). The van der Waals surface area contributed by atoms with E-state index in [9.17, 15) is 0 Å². The van der Waals surface area contributed by atoms with Gasteiger partial charge in [-0.15, -0.1) is 0 Å². The lowest BCUT2D eigenvalue weighted by Crippen LogP contribution is -2.23. The van der Waals surface area contributed by atoms with Crippen LogP contribution in [0, 0.1) is 5.41 Å². The minimum Gasteiger partial charge on any atom is -0.389 e. The summed E-state index contributed by atoms with van der Waals surface area (Å²) in [6.07, 6.45) is 7.04. The number of nitrogens with one attached hydrogen (secondary N) is 1. The number of thiocarbonyl (C=S) groups is 1. The van der Waals surface area contributed by atoms with Crippen molar-refractivity contribution in [3.05, 3.63) is 23.9 Å². The molecular weight excluding hydrogens is 230 g/mol. The van der Waals surface area contributed by atoms with Crippen molar-refractivity contribution in [2.24, 2.45) is 11.1 Å². The molecule has 0 amide bonds. The summed E-state index contributed by atoms with van der Waals surface area (Å²) in [6, 6.07) is 3.76. The van der Waals surface area contributed by atoms with Gasteiger partial charge in [0.05, 0.1) is 0 Å². The monoisotopic (exact) mass is 249 g/mol. The van der Waals surface area contributed by atoms with Crippen molar-refractivity contribution in [2.45, 2.75) is 32.6 Å². The summed E-state index contributed by atoms with van der Waals surface area (Å²) in [5, 5.41) is 3.40. The zero-order chi connectivity index (χ0) is 12.3. The van der Waals surface area contributed by atoms with E-state index >= 15 is 0 Å². The molecule has 3 N–H and O–H groups in total. The molecule has 1 saturated carbocycles. The molecule has 1 aliphatic rings. The minimum absolute atomic E-state index is 0.418. The largest absolute Gasteiger partial charge is 0.389 e. The molecular formula is C13H19N3S. The molecule has 0 radical (unpaired) electrons. The van der Waals surface area contributed by atoms with E-state index in [1.807, 2.05) is 12.1 Å². The van der Waals surface area contributed by atoms with Crippen molar-refractivity contribution in [2.75, 3.05) is 11.9 Å². The van der Waals surface area contributed by atoms with Crippen LogP contribution in [0.5, 0.6) is 0 Å². The molecule has 0 bridgehead atoms. The fraction of sp³-hybridized carbons (Fsp3) is 0.538. The highest BCUT2D eigenvalue weighted by molar-refractivity contribution is 7.80. The number of nitrogens with zero attached hydrogens (tertiary/aromatic N) is 1.